The lowest BCUT2D eigenvalue weighted by atomic mass is 10.2. The number of ether oxygens (including phenoxy) is 2. The minimum atomic E-state index is -2.28. The zero-order chi connectivity index (χ0) is 25.5. The van der Waals surface area contributed by atoms with Gasteiger partial charge in [-0.3, -0.25) is 0 Å². The summed E-state index contributed by atoms with van der Waals surface area (Å²) in [5.41, 5.74) is 0.396. The number of halogens is 2. The highest BCUT2D eigenvalue weighted by Crippen LogP contribution is 2.48. The summed E-state index contributed by atoms with van der Waals surface area (Å²) in [5, 5.41) is -0.0416. The van der Waals surface area contributed by atoms with E-state index < -0.39 is 45.4 Å². The van der Waals surface area contributed by atoms with Crippen LogP contribution >= 0.6 is 23.2 Å². The van der Waals surface area contributed by atoms with Crippen LogP contribution in [-0.2, 0) is 18.3 Å². The highest BCUT2D eigenvalue weighted by Gasteiger charge is 2.60. The molecule has 33 heavy (non-hydrogen) atoms. The van der Waals surface area contributed by atoms with Crippen LogP contribution in [0.15, 0.2) is 30.3 Å². The van der Waals surface area contributed by atoms with Crippen molar-refractivity contribution in [1.82, 2.24) is 0 Å². The van der Waals surface area contributed by atoms with E-state index in [2.05, 4.69) is 67.7 Å². The van der Waals surface area contributed by atoms with Crippen molar-refractivity contribution in [3.05, 3.63) is 35.9 Å². The van der Waals surface area contributed by atoms with Crippen molar-refractivity contribution in [2.24, 2.45) is 0 Å². The molecule has 1 aromatic carbocycles. The predicted octanol–water partition coefficient (Wildman–Crippen LogP) is 7.15. The average molecular weight is 536 g/mol. The standard InChI is InChI=1S/C24H40Cl2O5Si2/c1-22(2,3)32(7,8)28-16-18-19(31-33(9,10)23(4,5)6)24(25,26)21(29-18)30-20(27)17-14-12-11-13-15-17/h11-15,18-19,21H,16H2,1-10H3. The van der Waals surface area contributed by atoms with Crippen LogP contribution in [0.1, 0.15) is 51.9 Å². The lowest BCUT2D eigenvalue weighted by Crippen LogP contribution is -2.53. The van der Waals surface area contributed by atoms with Gasteiger partial charge in [-0.15, -0.1) is 0 Å². The Morgan fingerprint density at radius 2 is 1.48 bits per heavy atom. The van der Waals surface area contributed by atoms with E-state index in [-0.39, 0.29) is 16.7 Å². The van der Waals surface area contributed by atoms with E-state index in [9.17, 15) is 4.79 Å². The first kappa shape index (κ1) is 28.8. The zero-order valence-electron chi connectivity index (χ0n) is 21.6. The van der Waals surface area contributed by atoms with E-state index >= 15 is 0 Å². The van der Waals surface area contributed by atoms with Gasteiger partial charge in [-0.2, -0.15) is 0 Å². The van der Waals surface area contributed by atoms with Crippen molar-refractivity contribution < 1.29 is 23.1 Å². The Kier molecular flexibility index (Phi) is 8.66. The molecule has 0 saturated carbocycles. The lowest BCUT2D eigenvalue weighted by Gasteiger charge is -2.42. The maximum absolute atomic E-state index is 12.7. The third-order valence-electron chi connectivity index (χ3n) is 7.20. The topological polar surface area (TPSA) is 54.0 Å². The summed E-state index contributed by atoms with van der Waals surface area (Å²) in [4.78, 5) is 12.7. The van der Waals surface area contributed by atoms with Gasteiger partial charge < -0.3 is 18.3 Å². The molecule has 0 bridgehead atoms. The molecule has 0 amide bonds. The van der Waals surface area contributed by atoms with Gasteiger partial charge in [-0.25, -0.2) is 4.79 Å². The van der Waals surface area contributed by atoms with E-state index in [0.29, 0.717) is 5.56 Å². The number of hydrogen-bond donors (Lipinski definition) is 0. The van der Waals surface area contributed by atoms with Gasteiger partial charge in [0.05, 0.1) is 12.2 Å². The van der Waals surface area contributed by atoms with Gasteiger partial charge >= 0.3 is 5.97 Å². The quantitative estimate of drug-likeness (QED) is 0.211. The van der Waals surface area contributed by atoms with Crippen molar-refractivity contribution in [2.75, 3.05) is 6.61 Å². The fourth-order valence-electron chi connectivity index (χ4n) is 2.83. The van der Waals surface area contributed by atoms with Crippen LogP contribution in [0, 0.1) is 0 Å². The van der Waals surface area contributed by atoms with Gasteiger partial charge in [0.2, 0.25) is 10.6 Å². The molecule has 1 aliphatic rings. The van der Waals surface area contributed by atoms with Crippen molar-refractivity contribution in [2.45, 2.75) is 101 Å². The van der Waals surface area contributed by atoms with E-state index in [1.165, 1.54) is 0 Å². The maximum Gasteiger partial charge on any atom is 0.340 e. The summed E-state index contributed by atoms with van der Waals surface area (Å²) < 4.78 is 23.3. The molecule has 1 saturated heterocycles. The van der Waals surface area contributed by atoms with Crippen LogP contribution in [0.4, 0.5) is 0 Å². The maximum atomic E-state index is 12.7. The molecule has 0 N–H and O–H groups in total. The third kappa shape index (κ3) is 6.63. The number of benzene rings is 1. The number of carbonyl (C=O) groups is 1. The summed E-state index contributed by atoms with van der Waals surface area (Å²) in [7, 11) is -4.35. The molecular weight excluding hydrogens is 495 g/mol. The molecule has 0 radical (unpaired) electrons. The summed E-state index contributed by atoms with van der Waals surface area (Å²) in [6.45, 7) is 21.8. The van der Waals surface area contributed by atoms with Crippen molar-refractivity contribution >= 4 is 45.8 Å². The Labute approximate surface area is 211 Å². The van der Waals surface area contributed by atoms with Gasteiger partial charge in [0.25, 0.3) is 0 Å². The molecule has 1 aliphatic heterocycles. The van der Waals surface area contributed by atoms with Gasteiger partial charge in [-0.05, 0) is 48.4 Å². The number of esters is 1. The largest absolute Gasteiger partial charge is 0.429 e. The van der Waals surface area contributed by atoms with Crippen molar-refractivity contribution in [1.29, 1.82) is 0 Å². The molecule has 1 fully saturated rings. The molecule has 0 spiro atoms. The van der Waals surface area contributed by atoms with Crippen molar-refractivity contribution in [3.63, 3.8) is 0 Å². The minimum Gasteiger partial charge on any atom is -0.429 e. The van der Waals surface area contributed by atoms with Gasteiger partial charge in [0.15, 0.2) is 16.6 Å². The molecule has 188 valence electrons. The van der Waals surface area contributed by atoms with Crippen LogP contribution in [0.3, 0.4) is 0 Å². The molecular formula is C24H40Cl2O5Si2. The molecule has 2 rings (SSSR count). The molecule has 3 atom stereocenters. The average Bonchev–Trinajstić information content (AvgIpc) is 2.89. The fraction of sp³-hybridized carbons (Fsp3) is 0.708. The molecule has 0 aliphatic carbocycles. The highest BCUT2D eigenvalue weighted by atomic mass is 35.5. The van der Waals surface area contributed by atoms with E-state index in [1.807, 2.05) is 6.07 Å². The van der Waals surface area contributed by atoms with Gasteiger partial charge in [0.1, 0.15) is 12.2 Å². The SMILES string of the molecule is CC(C)(C)[Si](C)(C)OCC1OC(OC(=O)c2ccccc2)C(Cl)(Cl)C1O[Si](C)(C)C(C)(C)C. The predicted molar refractivity (Wildman–Crippen MR) is 140 cm³/mol. The van der Waals surface area contributed by atoms with E-state index in [4.69, 9.17) is 41.5 Å². The molecule has 9 heteroatoms. The van der Waals surface area contributed by atoms with Crippen LogP contribution in [0.2, 0.25) is 36.3 Å². The second-order valence-electron chi connectivity index (χ2n) is 11.8. The fourth-order valence-corrected chi connectivity index (χ4v) is 5.88. The number of rotatable bonds is 7. The summed E-state index contributed by atoms with van der Waals surface area (Å²) in [6, 6.07) is 8.69. The Bertz CT molecular complexity index is 816. The Hall–Kier alpha value is -0.416. The number of alkyl halides is 2. The Morgan fingerprint density at radius 1 is 0.970 bits per heavy atom. The molecule has 1 aromatic rings. The Balaban J connectivity index is 2.31. The van der Waals surface area contributed by atoms with Gasteiger partial charge in [0, 0.05) is 0 Å². The second-order valence-corrected chi connectivity index (χ2v) is 22.8. The van der Waals surface area contributed by atoms with E-state index in [1.54, 1.807) is 24.3 Å². The van der Waals surface area contributed by atoms with Crippen LogP contribution in [0.25, 0.3) is 0 Å². The first-order chi connectivity index (χ1) is 14.8. The zero-order valence-corrected chi connectivity index (χ0v) is 25.1. The summed E-state index contributed by atoms with van der Waals surface area (Å²) in [6.07, 6.45) is -2.46. The summed E-state index contributed by atoms with van der Waals surface area (Å²) >= 11 is 13.7. The minimum absolute atomic E-state index is 0.0274. The van der Waals surface area contributed by atoms with Crippen LogP contribution < -0.4 is 0 Å². The number of carbonyl (C=O) groups excluding carboxylic acids is 1. The molecule has 1 heterocycles. The second kappa shape index (κ2) is 9.92. The molecule has 0 aromatic heterocycles. The van der Waals surface area contributed by atoms with E-state index in [0.717, 1.165) is 0 Å². The monoisotopic (exact) mass is 534 g/mol. The number of hydrogen-bond acceptors (Lipinski definition) is 5. The molecule has 3 unspecified atom stereocenters. The first-order valence-electron chi connectivity index (χ1n) is 11.4. The van der Waals surface area contributed by atoms with Gasteiger partial charge in [-0.1, -0.05) is 82.9 Å². The normalized spacial score (nSPS) is 24.1. The van der Waals surface area contributed by atoms with Crippen molar-refractivity contribution in [3.8, 4) is 0 Å². The lowest BCUT2D eigenvalue weighted by molar-refractivity contribution is -0.115. The Morgan fingerprint density at radius 3 is 1.97 bits per heavy atom. The smallest absolute Gasteiger partial charge is 0.340 e. The molecule has 5 nitrogen and oxygen atoms in total. The first-order valence-corrected chi connectivity index (χ1v) is 18.0. The summed E-state index contributed by atoms with van der Waals surface area (Å²) in [5.74, 6) is -0.552. The van der Waals surface area contributed by atoms with Crippen LogP contribution in [0.5, 0.6) is 0 Å². The third-order valence-corrected chi connectivity index (χ3v) is 16.9. The van der Waals surface area contributed by atoms with Crippen LogP contribution in [-0.4, -0.2) is 52.0 Å². The highest BCUT2D eigenvalue weighted by molar-refractivity contribution is 6.74.